The fraction of sp³-hybridized carbons (Fsp3) is 0.143. The Morgan fingerprint density at radius 1 is 1.56 bits per heavy atom. The third-order valence-electron chi connectivity index (χ3n) is 1.63. The van der Waals surface area contributed by atoms with Crippen LogP contribution in [-0.2, 0) is 7.05 Å². The Balaban J connectivity index is 2.17. The second kappa shape index (κ2) is 4.60. The summed E-state index contributed by atoms with van der Waals surface area (Å²) >= 11 is 8.03. The van der Waals surface area contributed by atoms with Crippen molar-refractivity contribution >= 4 is 55.1 Å². The highest BCUT2D eigenvalue weighted by atomic mass is 79.9. The molecule has 0 atom stereocenters. The van der Waals surface area contributed by atoms with Gasteiger partial charge in [-0.2, -0.15) is 4.80 Å². The number of carbonyl (C=O) groups excluding carboxylic acids is 1. The smallest absolute Gasteiger partial charge is 0.270 e. The van der Waals surface area contributed by atoms with Crippen LogP contribution in [0.15, 0.2) is 13.6 Å². The van der Waals surface area contributed by atoms with E-state index in [2.05, 4.69) is 52.6 Å². The summed E-state index contributed by atoms with van der Waals surface area (Å²) in [7, 11) is 1.62. The van der Waals surface area contributed by atoms with Crippen LogP contribution in [0.3, 0.4) is 0 Å². The van der Waals surface area contributed by atoms with E-state index in [9.17, 15) is 4.79 Å². The number of carbonyl (C=O) groups is 1. The normalized spacial score (nSPS) is 10.4. The molecule has 0 unspecified atom stereocenters. The Bertz CT molecular complexity index is 537. The maximum atomic E-state index is 11.8. The summed E-state index contributed by atoms with van der Waals surface area (Å²) in [6, 6.07) is 1.72. The summed E-state index contributed by atoms with van der Waals surface area (Å²) < 4.78 is 1.62. The van der Waals surface area contributed by atoms with E-state index in [4.69, 9.17) is 0 Å². The number of rotatable bonds is 2. The fourth-order valence-corrected chi connectivity index (χ4v) is 3.79. The summed E-state index contributed by atoms with van der Waals surface area (Å²) in [5.74, 6) is -0.0939. The van der Waals surface area contributed by atoms with Crippen molar-refractivity contribution in [2.75, 3.05) is 5.32 Å². The second-order valence-electron chi connectivity index (χ2n) is 2.79. The molecule has 6 nitrogen and oxygen atoms in total. The standard InChI is InChI=1S/C7H5Br2N5OS/c1-14-12-7(11-13-14)10-6(15)3-2-4(8)16-5(3)9/h2H,1H3,(H,10,12,15). The van der Waals surface area contributed by atoms with Crippen LogP contribution < -0.4 is 5.32 Å². The van der Waals surface area contributed by atoms with Gasteiger partial charge in [0.1, 0.15) is 0 Å². The minimum absolute atomic E-state index is 0.182. The van der Waals surface area contributed by atoms with Gasteiger partial charge in [-0.05, 0) is 43.1 Å². The first kappa shape index (κ1) is 11.7. The maximum Gasteiger partial charge on any atom is 0.270 e. The highest BCUT2D eigenvalue weighted by Gasteiger charge is 2.15. The van der Waals surface area contributed by atoms with Crippen molar-refractivity contribution in [3.63, 3.8) is 0 Å². The highest BCUT2D eigenvalue weighted by molar-refractivity contribution is 9.12. The molecule has 0 aliphatic rings. The van der Waals surface area contributed by atoms with Gasteiger partial charge >= 0.3 is 0 Å². The number of hydrogen-bond donors (Lipinski definition) is 1. The first-order valence-corrected chi connectivity index (χ1v) is 6.46. The molecule has 0 saturated carbocycles. The van der Waals surface area contributed by atoms with Gasteiger partial charge in [-0.1, -0.05) is 5.10 Å². The lowest BCUT2D eigenvalue weighted by atomic mass is 10.3. The summed E-state index contributed by atoms with van der Waals surface area (Å²) in [6.07, 6.45) is 0. The molecule has 0 aliphatic carbocycles. The van der Waals surface area contributed by atoms with Crippen LogP contribution in [0.2, 0.25) is 0 Å². The number of aromatic nitrogens is 4. The Morgan fingerprint density at radius 2 is 2.31 bits per heavy atom. The molecule has 84 valence electrons. The van der Waals surface area contributed by atoms with Gasteiger partial charge < -0.3 is 0 Å². The molecular formula is C7H5Br2N5OS. The van der Waals surface area contributed by atoms with Crippen molar-refractivity contribution < 1.29 is 4.79 Å². The maximum absolute atomic E-state index is 11.8. The van der Waals surface area contributed by atoms with E-state index in [1.54, 1.807) is 13.1 Å². The number of nitrogens with zero attached hydrogens (tertiary/aromatic N) is 4. The molecule has 1 N–H and O–H groups in total. The van der Waals surface area contributed by atoms with Gasteiger partial charge in [-0.15, -0.1) is 16.4 Å². The molecule has 0 saturated heterocycles. The number of hydrogen-bond acceptors (Lipinski definition) is 5. The minimum Gasteiger partial charge on any atom is -0.288 e. The topological polar surface area (TPSA) is 72.7 Å². The number of anilines is 1. The van der Waals surface area contributed by atoms with E-state index < -0.39 is 0 Å². The van der Waals surface area contributed by atoms with Crippen molar-refractivity contribution in [2.24, 2.45) is 7.05 Å². The second-order valence-corrected chi connectivity index (χ2v) is 6.54. The molecular weight excluding hydrogens is 362 g/mol. The largest absolute Gasteiger partial charge is 0.288 e. The molecule has 2 aromatic heterocycles. The molecule has 0 radical (unpaired) electrons. The zero-order valence-electron chi connectivity index (χ0n) is 7.94. The lowest BCUT2D eigenvalue weighted by Crippen LogP contribution is -2.12. The Labute approximate surface area is 111 Å². The Morgan fingerprint density at radius 3 is 2.81 bits per heavy atom. The summed E-state index contributed by atoms with van der Waals surface area (Å²) in [5.41, 5.74) is 0.532. The van der Waals surface area contributed by atoms with Crippen molar-refractivity contribution in [3.05, 3.63) is 19.2 Å². The number of tetrazole rings is 1. The molecule has 2 heterocycles. The van der Waals surface area contributed by atoms with E-state index in [1.807, 2.05) is 0 Å². The first-order chi connectivity index (χ1) is 7.56. The van der Waals surface area contributed by atoms with Crippen molar-refractivity contribution in [1.82, 2.24) is 20.2 Å². The molecule has 0 aromatic carbocycles. The minimum atomic E-state index is -0.276. The Hall–Kier alpha value is -0.800. The van der Waals surface area contributed by atoms with Crippen molar-refractivity contribution in [3.8, 4) is 0 Å². The summed E-state index contributed by atoms with van der Waals surface area (Å²) in [4.78, 5) is 13.1. The zero-order chi connectivity index (χ0) is 11.7. The van der Waals surface area contributed by atoms with E-state index in [1.165, 1.54) is 16.1 Å². The Kier molecular flexibility index (Phi) is 3.36. The van der Waals surface area contributed by atoms with Crippen LogP contribution in [0.5, 0.6) is 0 Å². The average Bonchev–Trinajstić information content (AvgIpc) is 2.73. The van der Waals surface area contributed by atoms with Crippen molar-refractivity contribution in [2.45, 2.75) is 0 Å². The molecule has 1 amide bonds. The van der Waals surface area contributed by atoms with Crippen molar-refractivity contribution in [1.29, 1.82) is 0 Å². The predicted molar refractivity (Wildman–Crippen MR) is 66.5 cm³/mol. The van der Waals surface area contributed by atoms with Gasteiger partial charge in [0.2, 0.25) is 0 Å². The van der Waals surface area contributed by atoms with Gasteiger partial charge in [0.25, 0.3) is 11.9 Å². The molecule has 2 aromatic rings. The lowest BCUT2D eigenvalue weighted by molar-refractivity contribution is 0.102. The molecule has 0 aliphatic heterocycles. The zero-order valence-corrected chi connectivity index (χ0v) is 11.9. The quantitative estimate of drug-likeness (QED) is 0.882. The van der Waals surface area contributed by atoms with E-state index in [0.717, 1.165) is 7.57 Å². The van der Waals surface area contributed by atoms with Crippen LogP contribution in [0, 0.1) is 0 Å². The third kappa shape index (κ3) is 2.47. The van der Waals surface area contributed by atoms with Gasteiger partial charge in [-0.25, -0.2) is 0 Å². The number of aryl methyl sites for hydroxylation is 1. The van der Waals surface area contributed by atoms with Gasteiger partial charge in [0, 0.05) is 0 Å². The molecule has 0 fully saturated rings. The van der Waals surface area contributed by atoms with E-state index in [0.29, 0.717) is 5.56 Å². The van der Waals surface area contributed by atoms with Crippen LogP contribution in [-0.4, -0.2) is 26.1 Å². The number of amides is 1. The number of nitrogens with one attached hydrogen (secondary N) is 1. The van der Waals surface area contributed by atoms with Crippen LogP contribution >= 0.6 is 43.2 Å². The first-order valence-electron chi connectivity index (χ1n) is 4.06. The number of thiophene rings is 1. The van der Waals surface area contributed by atoms with Crippen LogP contribution in [0.25, 0.3) is 0 Å². The lowest BCUT2D eigenvalue weighted by Gasteiger charge is -1.97. The average molecular weight is 367 g/mol. The predicted octanol–water partition coefficient (Wildman–Crippen LogP) is 2.05. The van der Waals surface area contributed by atoms with Crippen LogP contribution in [0.4, 0.5) is 5.95 Å². The van der Waals surface area contributed by atoms with Gasteiger partial charge in [0.15, 0.2) is 0 Å². The molecule has 9 heteroatoms. The molecule has 2 rings (SSSR count). The third-order valence-corrected chi connectivity index (χ3v) is 3.97. The number of halogens is 2. The molecule has 0 spiro atoms. The van der Waals surface area contributed by atoms with E-state index >= 15 is 0 Å². The fourth-order valence-electron chi connectivity index (χ4n) is 0.998. The van der Waals surface area contributed by atoms with Gasteiger partial charge in [-0.3, -0.25) is 10.1 Å². The summed E-state index contributed by atoms with van der Waals surface area (Å²) in [5, 5.41) is 13.7. The summed E-state index contributed by atoms with van der Waals surface area (Å²) in [6.45, 7) is 0. The monoisotopic (exact) mass is 365 g/mol. The molecule has 0 bridgehead atoms. The van der Waals surface area contributed by atoms with Crippen LogP contribution in [0.1, 0.15) is 10.4 Å². The SMILES string of the molecule is Cn1nnc(NC(=O)c2cc(Br)sc2Br)n1. The highest BCUT2D eigenvalue weighted by Crippen LogP contribution is 2.32. The van der Waals surface area contributed by atoms with E-state index in [-0.39, 0.29) is 11.9 Å². The molecule has 16 heavy (non-hydrogen) atoms. The van der Waals surface area contributed by atoms with Gasteiger partial charge in [0.05, 0.1) is 20.2 Å².